The van der Waals surface area contributed by atoms with E-state index >= 15 is 0 Å². The van der Waals surface area contributed by atoms with Crippen molar-refractivity contribution in [2.45, 2.75) is 38.3 Å². The largest absolute Gasteiger partial charge is 0.379 e. The molecular weight excluding hydrogens is 241 g/mol. The standard InChI is InChI=1S/C15H18FN3/c16-12-4-3-5-13(10-12)17-11-15-8-9-18-19(15)14-6-1-2-7-14/h3-5,8-10,14,17H,1-2,6-7,11H2. The van der Waals surface area contributed by atoms with Crippen LogP contribution in [0.5, 0.6) is 0 Å². The fraction of sp³-hybridized carbons (Fsp3) is 0.400. The molecule has 0 amide bonds. The van der Waals surface area contributed by atoms with Crippen molar-refractivity contribution in [3.63, 3.8) is 0 Å². The van der Waals surface area contributed by atoms with Crippen LogP contribution in [0.15, 0.2) is 36.5 Å². The topological polar surface area (TPSA) is 29.9 Å². The smallest absolute Gasteiger partial charge is 0.125 e. The Labute approximate surface area is 112 Å². The van der Waals surface area contributed by atoms with Crippen LogP contribution in [0.1, 0.15) is 37.4 Å². The van der Waals surface area contributed by atoms with Crippen LogP contribution < -0.4 is 5.32 Å². The van der Waals surface area contributed by atoms with Crippen molar-refractivity contribution in [2.75, 3.05) is 5.32 Å². The summed E-state index contributed by atoms with van der Waals surface area (Å²) >= 11 is 0. The second-order valence-electron chi connectivity index (χ2n) is 5.07. The average Bonchev–Trinajstić information content (AvgIpc) is 3.07. The van der Waals surface area contributed by atoms with Crippen molar-refractivity contribution in [2.24, 2.45) is 0 Å². The molecule has 1 aliphatic carbocycles. The number of rotatable bonds is 4. The maximum Gasteiger partial charge on any atom is 0.125 e. The lowest BCUT2D eigenvalue weighted by molar-refractivity contribution is 0.452. The average molecular weight is 259 g/mol. The Hall–Kier alpha value is -1.84. The molecule has 1 aliphatic rings. The molecule has 0 unspecified atom stereocenters. The van der Waals surface area contributed by atoms with E-state index in [0.29, 0.717) is 12.6 Å². The van der Waals surface area contributed by atoms with E-state index in [1.807, 2.05) is 18.3 Å². The highest BCUT2D eigenvalue weighted by atomic mass is 19.1. The number of benzene rings is 1. The van der Waals surface area contributed by atoms with E-state index in [2.05, 4.69) is 15.1 Å². The van der Waals surface area contributed by atoms with Crippen LogP contribution in [0.25, 0.3) is 0 Å². The Morgan fingerprint density at radius 1 is 1.26 bits per heavy atom. The lowest BCUT2D eigenvalue weighted by atomic mass is 10.2. The summed E-state index contributed by atoms with van der Waals surface area (Å²) in [6.45, 7) is 0.681. The molecule has 1 aromatic heterocycles. The molecule has 2 aromatic rings. The molecule has 1 aromatic carbocycles. The zero-order valence-corrected chi connectivity index (χ0v) is 10.8. The number of nitrogens with zero attached hydrogens (tertiary/aromatic N) is 2. The van der Waals surface area contributed by atoms with E-state index in [0.717, 1.165) is 11.4 Å². The molecule has 0 spiro atoms. The van der Waals surface area contributed by atoms with Gasteiger partial charge in [0.15, 0.2) is 0 Å². The monoisotopic (exact) mass is 259 g/mol. The van der Waals surface area contributed by atoms with Crippen molar-refractivity contribution in [3.8, 4) is 0 Å². The Morgan fingerprint density at radius 2 is 2.11 bits per heavy atom. The molecule has 0 saturated heterocycles. The van der Waals surface area contributed by atoms with Crippen molar-refractivity contribution >= 4 is 5.69 Å². The minimum absolute atomic E-state index is 0.214. The third kappa shape index (κ3) is 2.78. The van der Waals surface area contributed by atoms with Gasteiger partial charge < -0.3 is 5.32 Å². The highest BCUT2D eigenvalue weighted by Gasteiger charge is 2.19. The van der Waals surface area contributed by atoms with Gasteiger partial charge in [-0.1, -0.05) is 18.9 Å². The predicted molar refractivity (Wildman–Crippen MR) is 73.5 cm³/mol. The molecule has 0 atom stereocenters. The summed E-state index contributed by atoms with van der Waals surface area (Å²) < 4.78 is 15.2. The second-order valence-corrected chi connectivity index (χ2v) is 5.07. The van der Waals surface area contributed by atoms with E-state index in [9.17, 15) is 4.39 Å². The molecule has 1 N–H and O–H groups in total. The first-order valence-electron chi connectivity index (χ1n) is 6.85. The minimum atomic E-state index is -0.214. The summed E-state index contributed by atoms with van der Waals surface area (Å²) in [5, 5.41) is 7.68. The summed E-state index contributed by atoms with van der Waals surface area (Å²) in [5.74, 6) is -0.214. The Balaban J connectivity index is 1.68. The Kier molecular flexibility index (Phi) is 3.49. The molecule has 3 rings (SSSR count). The number of hydrogen-bond donors (Lipinski definition) is 1. The van der Waals surface area contributed by atoms with Gasteiger partial charge in [0.25, 0.3) is 0 Å². The SMILES string of the molecule is Fc1cccc(NCc2ccnn2C2CCCC2)c1. The third-order valence-corrected chi connectivity index (χ3v) is 3.72. The maximum absolute atomic E-state index is 13.1. The summed E-state index contributed by atoms with van der Waals surface area (Å²) in [6.07, 6.45) is 6.87. The molecule has 0 bridgehead atoms. The van der Waals surface area contributed by atoms with Crippen LogP contribution in [0.2, 0.25) is 0 Å². The van der Waals surface area contributed by atoms with Crippen LogP contribution in [0.3, 0.4) is 0 Å². The first kappa shape index (κ1) is 12.2. The molecule has 4 heteroatoms. The van der Waals surface area contributed by atoms with Gasteiger partial charge in [-0.05, 0) is 37.1 Å². The fourth-order valence-electron chi connectivity index (χ4n) is 2.75. The molecule has 0 radical (unpaired) electrons. The van der Waals surface area contributed by atoms with Gasteiger partial charge in [0.1, 0.15) is 5.82 Å². The van der Waals surface area contributed by atoms with Crippen molar-refractivity contribution < 1.29 is 4.39 Å². The summed E-state index contributed by atoms with van der Waals surface area (Å²) in [5.41, 5.74) is 1.97. The summed E-state index contributed by atoms with van der Waals surface area (Å²) in [6, 6.07) is 9.12. The molecule has 3 nitrogen and oxygen atoms in total. The zero-order chi connectivity index (χ0) is 13.1. The van der Waals surface area contributed by atoms with E-state index in [1.54, 1.807) is 6.07 Å². The number of aromatic nitrogens is 2. The van der Waals surface area contributed by atoms with E-state index in [-0.39, 0.29) is 5.82 Å². The second kappa shape index (κ2) is 5.43. The van der Waals surface area contributed by atoms with Crippen molar-refractivity contribution in [1.82, 2.24) is 9.78 Å². The van der Waals surface area contributed by atoms with E-state index < -0.39 is 0 Å². The number of anilines is 1. The highest BCUT2D eigenvalue weighted by Crippen LogP contribution is 2.29. The summed E-state index contributed by atoms with van der Waals surface area (Å²) in [7, 11) is 0. The first-order valence-corrected chi connectivity index (χ1v) is 6.85. The van der Waals surface area contributed by atoms with Gasteiger partial charge in [-0.2, -0.15) is 5.10 Å². The zero-order valence-electron chi connectivity index (χ0n) is 10.8. The molecule has 0 aliphatic heterocycles. The minimum Gasteiger partial charge on any atom is -0.379 e. The van der Waals surface area contributed by atoms with Crippen LogP contribution in [-0.2, 0) is 6.54 Å². The Morgan fingerprint density at radius 3 is 2.89 bits per heavy atom. The predicted octanol–water partition coefficient (Wildman–Crippen LogP) is 3.75. The maximum atomic E-state index is 13.1. The molecular formula is C15H18FN3. The lowest BCUT2D eigenvalue weighted by Gasteiger charge is -2.15. The quantitative estimate of drug-likeness (QED) is 0.906. The summed E-state index contributed by atoms with van der Waals surface area (Å²) in [4.78, 5) is 0. The van der Waals surface area contributed by atoms with Gasteiger partial charge in [0.2, 0.25) is 0 Å². The molecule has 1 heterocycles. The number of nitrogens with one attached hydrogen (secondary N) is 1. The highest BCUT2D eigenvalue weighted by molar-refractivity contribution is 5.43. The normalized spacial score (nSPS) is 15.8. The van der Waals surface area contributed by atoms with Gasteiger partial charge >= 0.3 is 0 Å². The molecule has 1 fully saturated rings. The van der Waals surface area contributed by atoms with Crippen LogP contribution in [0.4, 0.5) is 10.1 Å². The van der Waals surface area contributed by atoms with Gasteiger partial charge in [0, 0.05) is 11.9 Å². The van der Waals surface area contributed by atoms with Gasteiger partial charge in [-0.25, -0.2) is 4.39 Å². The Bertz CT molecular complexity index is 544. The molecule has 100 valence electrons. The molecule has 1 saturated carbocycles. The van der Waals surface area contributed by atoms with Gasteiger partial charge in [-0.15, -0.1) is 0 Å². The van der Waals surface area contributed by atoms with Crippen LogP contribution >= 0.6 is 0 Å². The van der Waals surface area contributed by atoms with Crippen LogP contribution in [0, 0.1) is 5.82 Å². The van der Waals surface area contributed by atoms with Gasteiger partial charge in [-0.3, -0.25) is 4.68 Å². The lowest BCUT2D eigenvalue weighted by Crippen LogP contribution is -2.13. The number of halogens is 1. The van der Waals surface area contributed by atoms with E-state index in [4.69, 9.17) is 0 Å². The van der Waals surface area contributed by atoms with Gasteiger partial charge in [0.05, 0.1) is 18.3 Å². The van der Waals surface area contributed by atoms with Crippen molar-refractivity contribution in [1.29, 1.82) is 0 Å². The number of hydrogen-bond acceptors (Lipinski definition) is 2. The van der Waals surface area contributed by atoms with Crippen LogP contribution in [-0.4, -0.2) is 9.78 Å². The first-order chi connectivity index (χ1) is 9.33. The third-order valence-electron chi connectivity index (χ3n) is 3.72. The molecule has 19 heavy (non-hydrogen) atoms. The van der Waals surface area contributed by atoms with E-state index in [1.165, 1.54) is 37.8 Å². The fourth-order valence-corrected chi connectivity index (χ4v) is 2.75. The van der Waals surface area contributed by atoms with Crippen molar-refractivity contribution in [3.05, 3.63) is 48.0 Å².